The summed E-state index contributed by atoms with van der Waals surface area (Å²) < 4.78 is 13.3. The first-order valence-electron chi connectivity index (χ1n) is 11.1. The molecule has 2 aliphatic carbocycles. The molecule has 0 radical (unpaired) electrons. The molecule has 6 heteroatoms. The van der Waals surface area contributed by atoms with E-state index in [-0.39, 0.29) is 5.82 Å². The second-order valence-electron chi connectivity index (χ2n) is 8.44. The van der Waals surface area contributed by atoms with Crippen molar-refractivity contribution in [2.24, 2.45) is 5.92 Å². The molecule has 0 saturated heterocycles. The van der Waals surface area contributed by atoms with Crippen molar-refractivity contribution in [1.82, 2.24) is 9.97 Å². The van der Waals surface area contributed by atoms with E-state index >= 15 is 0 Å². The Kier molecular flexibility index (Phi) is 5.72. The number of pyridine rings is 1. The topological polar surface area (TPSA) is 49.8 Å². The molecule has 0 amide bonds. The SMILES string of the molecule is CCC1CCC(Nc2cc(Nc3ccc(F)cc3)ncc2-c2nc3c(s2)CCC=C3)C1. The van der Waals surface area contributed by atoms with Crippen LogP contribution in [0.4, 0.5) is 21.6 Å². The largest absolute Gasteiger partial charge is 0.382 e. The number of fused-ring (bicyclic) bond motifs is 1. The third-order valence-electron chi connectivity index (χ3n) is 6.27. The lowest BCUT2D eigenvalue weighted by Crippen LogP contribution is -2.16. The lowest BCUT2D eigenvalue weighted by molar-refractivity contribution is 0.525. The summed E-state index contributed by atoms with van der Waals surface area (Å²) in [5.74, 6) is 1.30. The second kappa shape index (κ2) is 8.79. The Hall–Kier alpha value is -2.73. The molecule has 0 spiro atoms. The van der Waals surface area contributed by atoms with Gasteiger partial charge in [-0.1, -0.05) is 19.4 Å². The molecule has 5 rings (SSSR count). The summed E-state index contributed by atoms with van der Waals surface area (Å²) in [6.07, 6.45) is 13.3. The summed E-state index contributed by atoms with van der Waals surface area (Å²) in [5.41, 5.74) is 4.03. The third kappa shape index (κ3) is 4.49. The number of rotatable bonds is 6. The predicted molar refractivity (Wildman–Crippen MR) is 127 cm³/mol. The van der Waals surface area contributed by atoms with E-state index in [0.717, 1.165) is 52.2 Å². The Bertz CT molecular complexity index is 1090. The van der Waals surface area contributed by atoms with Crippen LogP contribution in [0.3, 0.4) is 0 Å². The quantitative estimate of drug-likeness (QED) is 0.437. The van der Waals surface area contributed by atoms with Gasteiger partial charge in [0.05, 0.1) is 11.3 Å². The van der Waals surface area contributed by atoms with Crippen molar-refractivity contribution in [2.45, 2.75) is 51.5 Å². The van der Waals surface area contributed by atoms with Crippen molar-refractivity contribution in [1.29, 1.82) is 0 Å². The molecule has 2 aromatic heterocycles. The first-order valence-corrected chi connectivity index (χ1v) is 12.0. The summed E-state index contributed by atoms with van der Waals surface area (Å²) >= 11 is 1.77. The molecule has 0 aliphatic heterocycles. The first-order chi connectivity index (χ1) is 15.2. The molecule has 0 bridgehead atoms. The number of aryl methyl sites for hydroxylation is 1. The molecule has 1 aromatic carbocycles. The lowest BCUT2D eigenvalue weighted by Gasteiger charge is -2.18. The van der Waals surface area contributed by atoms with Crippen LogP contribution in [0.2, 0.25) is 0 Å². The summed E-state index contributed by atoms with van der Waals surface area (Å²) in [6, 6.07) is 8.89. The van der Waals surface area contributed by atoms with Gasteiger partial charge >= 0.3 is 0 Å². The van der Waals surface area contributed by atoms with E-state index in [9.17, 15) is 4.39 Å². The van der Waals surface area contributed by atoms with E-state index in [4.69, 9.17) is 4.98 Å². The Labute approximate surface area is 186 Å². The van der Waals surface area contributed by atoms with Gasteiger partial charge in [0.2, 0.25) is 0 Å². The molecular formula is C25H27FN4S. The average Bonchev–Trinajstić information content (AvgIpc) is 3.42. The number of aromatic nitrogens is 2. The second-order valence-corrected chi connectivity index (χ2v) is 9.53. The van der Waals surface area contributed by atoms with Gasteiger partial charge in [0.15, 0.2) is 0 Å². The highest BCUT2D eigenvalue weighted by Gasteiger charge is 2.25. The van der Waals surface area contributed by atoms with Crippen LogP contribution in [0.1, 0.15) is 49.6 Å². The highest BCUT2D eigenvalue weighted by atomic mass is 32.1. The van der Waals surface area contributed by atoms with Crippen LogP contribution in [0.25, 0.3) is 16.6 Å². The number of hydrogen-bond donors (Lipinski definition) is 2. The Morgan fingerprint density at radius 3 is 2.84 bits per heavy atom. The molecular weight excluding hydrogens is 407 g/mol. The van der Waals surface area contributed by atoms with Crippen LogP contribution in [-0.2, 0) is 6.42 Å². The highest BCUT2D eigenvalue weighted by Crippen LogP contribution is 2.38. The number of thiazole rings is 1. The monoisotopic (exact) mass is 434 g/mol. The predicted octanol–water partition coefficient (Wildman–Crippen LogP) is 7.04. The van der Waals surface area contributed by atoms with Gasteiger partial charge in [-0.3, -0.25) is 0 Å². The average molecular weight is 435 g/mol. The standard InChI is InChI=1S/C25H27FN4S/c1-2-16-7-10-19(13-16)28-22-14-24(29-18-11-8-17(26)9-12-18)27-15-20(22)25-30-21-5-3-4-6-23(21)31-25/h3,5,8-9,11-12,14-16,19H,2,4,6-7,10,13H2,1H3,(H2,27,28,29). The van der Waals surface area contributed by atoms with Crippen molar-refractivity contribution < 1.29 is 4.39 Å². The number of allylic oxidation sites excluding steroid dienone is 1. The fourth-order valence-corrected chi connectivity index (χ4v) is 5.58. The molecule has 4 nitrogen and oxygen atoms in total. The zero-order valence-electron chi connectivity index (χ0n) is 17.7. The number of halogens is 1. The summed E-state index contributed by atoms with van der Waals surface area (Å²) in [4.78, 5) is 10.9. The molecule has 2 heterocycles. The minimum Gasteiger partial charge on any atom is -0.382 e. The van der Waals surface area contributed by atoms with Crippen molar-refractivity contribution >= 4 is 34.6 Å². The molecule has 1 saturated carbocycles. The highest BCUT2D eigenvalue weighted by molar-refractivity contribution is 7.15. The van der Waals surface area contributed by atoms with Gasteiger partial charge < -0.3 is 10.6 Å². The molecule has 2 aliphatic rings. The van der Waals surface area contributed by atoms with Crippen LogP contribution < -0.4 is 10.6 Å². The van der Waals surface area contributed by atoms with Gasteiger partial charge in [0.25, 0.3) is 0 Å². The van der Waals surface area contributed by atoms with Crippen molar-refractivity contribution in [3.8, 4) is 10.6 Å². The minimum atomic E-state index is -0.246. The fourth-order valence-electron chi connectivity index (χ4n) is 4.49. The maximum atomic E-state index is 13.3. The molecule has 1 fully saturated rings. The van der Waals surface area contributed by atoms with Crippen molar-refractivity contribution in [3.63, 3.8) is 0 Å². The normalized spacial score (nSPS) is 19.9. The molecule has 2 unspecified atom stereocenters. The summed E-state index contributed by atoms with van der Waals surface area (Å²) in [5, 5.41) is 8.11. The van der Waals surface area contributed by atoms with Crippen LogP contribution in [-0.4, -0.2) is 16.0 Å². The molecule has 3 aromatic rings. The maximum absolute atomic E-state index is 13.3. The fraction of sp³-hybridized carbons (Fsp3) is 0.360. The molecule has 2 N–H and O–H groups in total. The zero-order chi connectivity index (χ0) is 21.2. The molecule has 31 heavy (non-hydrogen) atoms. The van der Waals surface area contributed by atoms with Crippen molar-refractivity contribution in [2.75, 3.05) is 10.6 Å². The van der Waals surface area contributed by atoms with Crippen LogP contribution in [0, 0.1) is 11.7 Å². The van der Waals surface area contributed by atoms with E-state index in [1.165, 1.54) is 42.7 Å². The maximum Gasteiger partial charge on any atom is 0.132 e. The first kappa shape index (κ1) is 20.2. The Balaban J connectivity index is 1.46. The molecule has 2 atom stereocenters. The van der Waals surface area contributed by atoms with Gasteiger partial charge in [0, 0.05) is 34.6 Å². The van der Waals surface area contributed by atoms with Gasteiger partial charge in [-0.15, -0.1) is 11.3 Å². The van der Waals surface area contributed by atoms with E-state index in [1.807, 2.05) is 6.20 Å². The van der Waals surface area contributed by atoms with E-state index < -0.39 is 0 Å². The number of benzene rings is 1. The number of nitrogens with one attached hydrogen (secondary N) is 2. The third-order valence-corrected chi connectivity index (χ3v) is 7.43. The van der Waals surface area contributed by atoms with Crippen LogP contribution in [0.15, 0.2) is 42.6 Å². The van der Waals surface area contributed by atoms with Crippen LogP contribution >= 0.6 is 11.3 Å². The number of nitrogens with zero attached hydrogens (tertiary/aromatic N) is 2. The Morgan fingerprint density at radius 2 is 2.06 bits per heavy atom. The van der Waals surface area contributed by atoms with Crippen LogP contribution in [0.5, 0.6) is 0 Å². The number of anilines is 3. The van der Waals surface area contributed by atoms with E-state index in [1.54, 1.807) is 23.5 Å². The van der Waals surface area contributed by atoms with Gasteiger partial charge in [-0.2, -0.15) is 0 Å². The number of hydrogen-bond acceptors (Lipinski definition) is 5. The van der Waals surface area contributed by atoms with E-state index in [0.29, 0.717) is 6.04 Å². The van der Waals surface area contributed by atoms with Gasteiger partial charge in [-0.25, -0.2) is 14.4 Å². The Morgan fingerprint density at radius 1 is 1.19 bits per heavy atom. The summed E-state index contributed by atoms with van der Waals surface area (Å²) in [7, 11) is 0. The smallest absolute Gasteiger partial charge is 0.132 e. The van der Waals surface area contributed by atoms with E-state index in [2.05, 4.69) is 40.8 Å². The van der Waals surface area contributed by atoms with Gasteiger partial charge in [-0.05, 0) is 68.4 Å². The van der Waals surface area contributed by atoms with Gasteiger partial charge in [0.1, 0.15) is 16.6 Å². The molecule has 160 valence electrons. The zero-order valence-corrected chi connectivity index (χ0v) is 18.5. The summed E-state index contributed by atoms with van der Waals surface area (Å²) in [6.45, 7) is 2.28. The minimum absolute atomic E-state index is 0.246. The lowest BCUT2D eigenvalue weighted by atomic mass is 10.1. The van der Waals surface area contributed by atoms with Crippen molar-refractivity contribution in [3.05, 3.63) is 59.0 Å².